The van der Waals surface area contributed by atoms with Gasteiger partial charge in [-0.2, -0.15) is 0 Å². The number of nitrogens with zero attached hydrogens (tertiary/aromatic N) is 1. The molecule has 0 saturated carbocycles. The molecule has 6 heteroatoms. The van der Waals surface area contributed by atoms with Crippen LogP contribution in [0.2, 0.25) is 0 Å². The number of nitrogen functional groups attached to an aromatic ring is 1. The molecule has 3 N–H and O–H groups in total. The Morgan fingerprint density at radius 2 is 2.24 bits per heavy atom. The van der Waals surface area contributed by atoms with Crippen LogP contribution in [-0.2, 0) is 4.79 Å². The number of carbonyl (C=O) groups is 1. The Morgan fingerprint density at radius 3 is 2.76 bits per heavy atom. The number of ether oxygens (including phenoxy) is 1. The number of likely N-dealkylation sites (N-methyl/N-ethyl adjacent to an activating group) is 2. The lowest BCUT2D eigenvalue weighted by molar-refractivity contribution is -0.119. The van der Waals surface area contributed by atoms with Gasteiger partial charge in [0.25, 0.3) is 0 Å². The molecule has 0 aliphatic carbocycles. The Labute approximate surface area is 99.3 Å². The van der Waals surface area contributed by atoms with Gasteiger partial charge in [-0.25, -0.2) is 4.39 Å². The SMILES string of the molecule is CNC(=O)CN(C)c1cc(OC)c(F)cc1N. The molecular weight excluding hydrogens is 225 g/mol. The van der Waals surface area contributed by atoms with Crippen LogP contribution < -0.4 is 20.7 Å². The minimum Gasteiger partial charge on any atom is -0.494 e. The highest BCUT2D eigenvalue weighted by Gasteiger charge is 2.13. The van der Waals surface area contributed by atoms with E-state index in [0.717, 1.165) is 0 Å². The van der Waals surface area contributed by atoms with E-state index in [-0.39, 0.29) is 23.9 Å². The molecule has 1 aromatic carbocycles. The van der Waals surface area contributed by atoms with Crippen LogP contribution in [-0.4, -0.2) is 33.7 Å². The fourth-order valence-corrected chi connectivity index (χ4v) is 1.42. The second-order valence-corrected chi connectivity index (χ2v) is 3.57. The van der Waals surface area contributed by atoms with Crippen LogP contribution in [0.5, 0.6) is 5.75 Å². The maximum absolute atomic E-state index is 13.3. The van der Waals surface area contributed by atoms with E-state index in [4.69, 9.17) is 10.5 Å². The fourth-order valence-electron chi connectivity index (χ4n) is 1.42. The predicted molar refractivity (Wildman–Crippen MR) is 64.7 cm³/mol. The number of benzene rings is 1. The zero-order valence-corrected chi connectivity index (χ0v) is 10.1. The molecule has 1 rings (SSSR count). The van der Waals surface area contributed by atoms with E-state index >= 15 is 0 Å². The number of methoxy groups -OCH3 is 1. The van der Waals surface area contributed by atoms with Gasteiger partial charge in [0.2, 0.25) is 5.91 Å². The summed E-state index contributed by atoms with van der Waals surface area (Å²) in [5.74, 6) is -0.588. The first-order valence-corrected chi connectivity index (χ1v) is 5.04. The van der Waals surface area contributed by atoms with Gasteiger partial charge in [-0.1, -0.05) is 0 Å². The molecule has 0 radical (unpaired) electrons. The summed E-state index contributed by atoms with van der Waals surface area (Å²) in [4.78, 5) is 12.9. The minimum atomic E-state index is -0.526. The Kier molecular flexibility index (Phi) is 4.14. The van der Waals surface area contributed by atoms with Gasteiger partial charge in [0.1, 0.15) is 0 Å². The lowest BCUT2D eigenvalue weighted by Crippen LogP contribution is -2.33. The van der Waals surface area contributed by atoms with Gasteiger partial charge < -0.3 is 20.7 Å². The van der Waals surface area contributed by atoms with Gasteiger partial charge in [-0.05, 0) is 0 Å². The van der Waals surface area contributed by atoms with E-state index in [9.17, 15) is 9.18 Å². The van der Waals surface area contributed by atoms with Crippen molar-refractivity contribution < 1.29 is 13.9 Å². The van der Waals surface area contributed by atoms with Crippen LogP contribution in [0.4, 0.5) is 15.8 Å². The summed E-state index contributed by atoms with van der Waals surface area (Å²) in [5, 5.41) is 2.50. The van der Waals surface area contributed by atoms with Crippen LogP contribution in [0.1, 0.15) is 0 Å². The standard InChI is InChI=1S/C11H16FN3O2/c1-14-11(16)6-15(2)9-5-10(17-3)7(12)4-8(9)13/h4-5H,6,13H2,1-3H3,(H,14,16). The van der Waals surface area contributed by atoms with Crippen molar-refractivity contribution in [3.63, 3.8) is 0 Å². The molecule has 0 spiro atoms. The Morgan fingerprint density at radius 1 is 1.59 bits per heavy atom. The zero-order chi connectivity index (χ0) is 13.0. The monoisotopic (exact) mass is 241 g/mol. The lowest BCUT2D eigenvalue weighted by atomic mass is 10.2. The highest BCUT2D eigenvalue weighted by molar-refractivity contribution is 5.83. The van der Waals surface area contributed by atoms with E-state index in [0.29, 0.717) is 5.69 Å². The second kappa shape index (κ2) is 5.38. The summed E-state index contributed by atoms with van der Waals surface area (Å²) in [6, 6.07) is 2.64. The summed E-state index contributed by atoms with van der Waals surface area (Å²) < 4.78 is 18.2. The third-order valence-corrected chi connectivity index (χ3v) is 2.37. The van der Waals surface area contributed by atoms with Crippen LogP contribution in [0.3, 0.4) is 0 Å². The number of rotatable bonds is 4. The predicted octanol–water partition coefficient (Wildman–Crippen LogP) is 0.599. The highest BCUT2D eigenvalue weighted by atomic mass is 19.1. The van der Waals surface area contributed by atoms with Crippen molar-refractivity contribution in [3.05, 3.63) is 17.9 Å². The quantitative estimate of drug-likeness (QED) is 0.757. The Balaban J connectivity index is 3.00. The molecule has 1 amide bonds. The molecule has 0 bridgehead atoms. The van der Waals surface area contributed by atoms with E-state index in [2.05, 4.69) is 5.32 Å². The first-order chi connectivity index (χ1) is 7.99. The minimum absolute atomic E-state index is 0.0953. The summed E-state index contributed by atoms with van der Waals surface area (Å²) in [5.41, 5.74) is 6.50. The first-order valence-electron chi connectivity index (χ1n) is 5.04. The van der Waals surface area contributed by atoms with Crippen LogP contribution in [0, 0.1) is 5.82 Å². The molecule has 0 saturated heterocycles. The highest BCUT2D eigenvalue weighted by Crippen LogP contribution is 2.30. The number of anilines is 2. The number of amides is 1. The molecular formula is C11H16FN3O2. The number of hydrogen-bond donors (Lipinski definition) is 2. The molecule has 0 fully saturated rings. The molecule has 5 nitrogen and oxygen atoms in total. The van der Waals surface area contributed by atoms with Crippen molar-refractivity contribution >= 4 is 17.3 Å². The Bertz CT molecular complexity index is 423. The maximum Gasteiger partial charge on any atom is 0.239 e. The summed E-state index contributed by atoms with van der Waals surface area (Å²) in [6.45, 7) is 0.134. The van der Waals surface area contributed by atoms with Crippen molar-refractivity contribution in [2.45, 2.75) is 0 Å². The van der Waals surface area contributed by atoms with Gasteiger partial charge in [0.05, 0.1) is 25.0 Å². The third kappa shape index (κ3) is 2.99. The van der Waals surface area contributed by atoms with Gasteiger partial charge in [-0.15, -0.1) is 0 Å². The molecule has 0 atom stereocenters. The number of carbonyl (C=O) groups excluding carboxylic acids is 1. The average molecular weight is 241 g/mol. The van der Waals surface area contributed by atoms with Crippen LogP contribution in [0.25, 0.3) is 0 Å². The van der Waals surface area contributed by atoms with Gasteiger partial charge in [-0.3, -0.25) is 4.79 Å². The molecule has 17 heavy (non-hydrogen) atoms. The number of halogens is 1. The fraction of sp³-hybridized carbons (Fsp3) is 0.364. The van der Waals surface area contributed by atoms with Crippen LogP contribution >= 0.6 is 0 Å². The molecule has 0 heterocycles. The second-order valence-electron chi connectivity index (χ2n) is 3.57. The van der Waals surface area contributed by atoms with E-state index in [1.807, 2.05) is 0 Å². The topological polar surface area (TPSA) is 67.6 Å². The first kappa shape index (κ1) is 13.1. The van der Waals surface area contributed by atoms with E-state index < -0.39 is 5.82 Å². The number of hydrogen-bond acceptors (Lipinski definition) is 4. The normalized spacial score (nSPS) is 9.88. The summed E-state index contributed by atoms with van der Waals surface area (Å²) in [7, 11) is 4.61. The van der Waals surface area contributed by atoms with Gasteiger partial charge in [0, 0.05) is 26.2 Å². The van der Waals surface area contributed by atoms with Crippen molar-refractivity contribution in [1.29, 1.82) is 0 Å². The number of nitrogens with two attached hydrogens (primary N) is 1. The van der Waals surface area contributed by atoms with Gasteiger partial charge >= 0.3 is 0 Å². The third-order valence-electron chi connectivity index (χ3n) is 2.37. The Hall–Kier alpha value is -1.98. The average Bonchev–Trinajstić information content (AvgIpc) is 2.28. The zero-order valence-electron chi connectivity index (χ0n) is 10.1. The number of nitrogens with one attached hydrogen (secondary N) is 1. The van der Waals surface area contributed by atoms with E-state index in [1.54, 1.807) is 19.0 Å². The van der Waals surface area contributed by atoms with Crippen LogP contribution in [0.15, 0.2) is 12.1 Å². The molecule has 1 aromatic rings. The van der Waals surface area contributed by atoms with Crippen molar-refractivity contribution in [1.82, 2.24) is 5.32 Å². The molecule has 0 unspecified atom stereocenters. The smallest absolute Gasteiger partial charge is 0.239 e. The van der Waals surface area contributed by atoms with Crippen molar-refractivity contribution in [2.75, 3.05) is 38.4 Å². The molecule has 0 aliphatic rings. The molecule has 0 aliphatic heterocycles. The van der Waals surface area contributed by atoms with Crippen molar-refractivity contribution in [3.8, 4) is 5.75 Å². The summed E-state index contributed by atoms with van der Waals surface area (Å²) in [6.07, 6.45) is 0. The van der Waals surface area contributed by atoms with Crippen molar-refractivity contribution in [2.24, 2.45) is 0 Å². The van der Waals surface area contributed by atoms with Gasteiger partial charge in [0.15, 0.2) is 11.6 Å². The molecule has 94 valence electrons. The lowest BCUT2D eigenvalue weighted by Gasteiger charge is -2.21. The summed E-state index contributed by atoms with van der Waals surface area (Å²) >= 11 is 0. The van der Waals surface area contributed by atoms with E-state index in [1.165, 1.54) is 19.2 Å². The molecule has 0 aromatic heterocycles. The maximum atomic E-state index is 13.3. The largest absolute Gasteiger partial charge is 0.494 e.